The average Bonchev–Trinajstić information content (AvgIpc) is 2.65. The highest BCUT2D eigenvalue weighted by Crippen LogP contribution is 2.18. The summed E-state index contributed by atoms with van der Waals surface area (Å²) in [6.45, 7) is 2.21. The topological polar surface area (TPSA) is 65.0 Å². The monoisotopic (exact) mass is 398 g/mol. The highest BCUT2D eigenvalue weighted by molar-refractivity contribution is 8.13. The summed E-state index contributed by atoms with van der Waals surface area (Å²) < 4.78 is 0. The first-order chi connectivity index (χ1) is 13.0. The molecule has 1 fully saturated rings. The van der Waals surface area contributed by atoms with Crippen molar-refractivity contribution in [3.63, 3.8) is 0 Å². The molecule has 1 saturated carbocycles. The molecule has 1 N–H and O–H groups in total. The largest absolute Gasteiger partial charge is 0.348 e. The molecule has 3 amide bonds. The van der Waals surface area contributed by atoms with E-state index in [-0.39, 0.29) is 17.3 Å². The Morgan fingerprint density at radius 1 is 1.00 bits per heavy atom. The number of nitrogens with zero attached hydrogens (tertiary/aromatic N) is 3. The molecule has 0 aromatic rings. The maximum absolute atomic E-state index is 12.5. The quantitative estimate of drug-likeness (QED) is 0.351. The van der Waals surface area contributed by atoms with Crippen LogP contribution in [0.2, 0.25) is 0 Å². The van der Waals surface area contributed by atoms with Gasteiger partial charge in [-0.25, -0.2) is 4.79 Å². The molecule has 0 heterocycles. The van der Waals surface area contributed by atoms with Gasteiger partial charge in [0.1, 0.15) is 0 Å². The first kappa shape index (κ1) is 23.8. The number of guanidine groups is 1. The first-order valence-corrected chi connectivity index (χ1v) is 11.4. The maximum Gasteiger partial charge on any atom is 0.324 e. The molecule has 0 unspecified atom stereocenters. The van der Waals surface area contributed by atoms with Crippen molar-refractivity contribution in [2.24, 2.45) is 4.99 Å². The summed E-state index contributed by atoms with van der Waals surface area (Å²) in [5.41, 5.74) is 0. The molecular formula is C20H38N4O2S. The summed E-state index contributed by atoms with van der Waals surface area (Å²) in [7, 11) is 5.27. The normalized spacial score (nSPS) is 15.5. The third kappa shape index (κ3) is 10.0. The highest BCUT2D eigenvalue weighted by Gasteiger charge is 2.22. The zero-order chi connectivity index (χ0) is 20.1. The Balaban J connectivity index is 2.44. The summed E-state index contributed by atoms with van der Waals surface area (Å²) in [4.78, 5) is 32.0. The molecule has 156 valence electrons. The van der Waals surface area contributed by atoms with E-state index < -0.39 is 0 Å². The Morgan fingerprint density at radius 3 is 2.26 bits per heavy atom. The summed E-state index contributed by atoms with van der Waals surface area (Å²) in [6, 6.07) is 0.0398. The molecule has 6 nitrogen and oxygen atoms in total. The van der Waals surface area contributed by atoms with Crippen LogP contribution < -0.4 is 5.32 Å². The summed E-state index contributed by atoms with van der Waals surface area (Å²) in [5.74, 6) is 1.16. The number of hydrogen-bond acceptors (Lipinski definition) is 3. The molecule has 1 rings (SSSR count). The van der Waals surface area contributed by atoms with Gasteiger partial charge in [-0.1, -0.05) is 70.1 Å². The zero-order valence-corrected chi connectivity index (χ0v) is 18.4. The van der Waals surface area contributed by atoms with Gasteiger partial charge in [0, 0.05) is 32.9 Å². The van der Waals surface area contributed by atoms with Gasteiger partial charge < -0.3 is 10.2 Å². The lowest BCUT2D eigenvalue weighted by Crippen LogP contribution is -2.50. The van der Waals surface area contributed by atoms with E-state index >= 15 is 0 Å². The van der Waals surface area contributed by atoms with E-state index in [0.29, 0.717) is 5.96 Å². The Bertz CT molecular complexity index is 477. The lowest BCUT2D eigenvalue weighted by Gasteiger charge is -2.28. The Labute approximate surface area is 169 Å². The van der Waals surface area contributed by atoms with Crippen LogP contribution in [-0.4, -0.2) is 60.0 Å². The van der Waals surface area contributed by atoms with Crippen molar-refractivity contribution in [1.29, 1.82) is 0 Å². The number of hydrogen-bond donors (Lipinski definition) is 1. The fraction of sp³-hybridized carbons (Fsp3) is 0.850. The SMILES string of the molecule is CCCCCCCCSC(=O)N=C(N(C)C)N(C)C(=O)NC1CCCCC1. The van der Waals surface area contributed by atoms with Crippen LogP contribution in [-0.2, 0) is 0 Å². The molecule has 0 saturated heterocycles. The van der Waals surface area contributed by atoms with Crippen LogP contribution in [0.1, 0.15) is 77.6 Å². The standard InChI is InChI=1S/C20H38N4O2S/c1-5-6-7-8-9-13-16-27-20(26)22-18(23(2)3)24(4)19(25)21-17-14-11-10-12-15-17/h17H,5-16H2,1-4H3,(H,21,25). The number of carbonyl (C=O) groups is 2. The van der Waals surface area contributed by atoms with Gasteiger partial charge in [-0.05, 0) is 19.3 Å². The van der Waals surface area contributed by atoms with E-state index in [1.165, 1.54) is 48.8 Å². The zero-order valence-electron chi connectivity index (χ0n) is 17.6. The minimum atomic E-state index is -0.232. The molecular weight excluding hydrogens is 360 g/mol. The van der Waals surface area contributed by atoms with E-state index in [1.54, 1.807) is 26.0 Å². The van der Waals surface area contributed by atoms with E-state index in [4.69, 9.17) is 0 Å². The van der Waals surface area contributed by atoms with Crippen LogP contribution in [0.4, 0.5) is 9.59 Å². The number of unbranched alkanes of at least 4 members (excludes halogenated alkanes) is 5. The molecule has 0 aromatic carbocycles. The Kier molecular flexibility index (Phi) is 12.2. The van der Waals surface area contributed by atoms with Crippen LogP contribution in [0.15, 0.2) is 4.99 Å². The highest BCUT2D eigenvalue weighted by atomic mass is 32.2. The second kappa shape index (κ2) is 13.9. The Morgan fingerprint density at radius 2 is 1.63 bits per heavy atom. The second-order valence-electron chi connectivity index (χ2n) is 7.53. The smallest absolute Gasteiger partial charge is 0.324 e. The van der Waals surface area contributed by atoms with Gasteiger partial charge in [0.2, 0.25) is 5.96 Å². The molecule has 0 aliphatic heterocycles. The van der Waals surface area contributed by atoms with Gasteiger partial charge >= 0.3 is 11.3 Å². The summed E-state index contributed by atoms with van der Waals surface area (Å²) in [6.07, 6.45) is 12.9. The van der Waals surface area contributed by atoms with Crippen LogP contribution in [0.3, 0.4) is 0 Å². The number of urea groups is 1. The lowest BCUT2D eigenvalue weighted by atomic mass is 9.96. The number of amides is 3. The number of nitrogens with one attached hydrogen (secondary N) is 1. The van der Waals surface area contributed by atoms with Crippen LogP contribution in [0.5, 0.6) is 0 Å². The van der Waals surface area contributed by atoms with Gasteiger partial charge in [-0.3, -0.25) is 9.69 Å². The van der Waals surface area contributed by atoms with E-state index in [2.05, 4.69) is 17.2 Å². The van der Waals surface area contributed by atoms with Gasteiger partial charge in [0.25, 0.3) is 0 Å². The molecule has 0 radical (unpaired) electrons. The van der Waals surface area contributed by atoms with Crippen LogP contribution >= 0.6 is 11.8 Å². The third-order valence-electron chi connectivity index (χ3n) is 4.85. The number of carbonyl (C=O) groups excluding carboxylic acids is 2. The first-order valence-electron chi connectivity index (χ1n) is 10.4. The minimum Gasteiger partial charge on any atom is -0.348 e. The van der Waals surface area contributed by atoms with E-state index in [9.17, 15) is 9.59 Å². The molecule has 0 spiro atoms. The summed E-state index contributed by atoms with van der Waals surface area (Å²) in [5, 5.41) is 2.83. The van der Waals surface area contributed by atoms with Crippen LogP contribution in [0, 0.1) is 0 Å². The third-order valence-corrected chi connectivity index (χ3v) is 5.68. The van der Waals surface area contributed by atoms with Gasteiger partial charge in [-0.2, -0.15) is 4.99 Å². The molecule has 0 atom stereocenters. The number of aliphatic imine (C=N–C) groups is 1. The summed E-state index contributed by atoms with van der Waals surface area (Å²) >= 11 is 1.24. The van der Waals surface area contributed by atoms with Crippen molar-refractivity contribution in [3.8, 4) is 0 Å². The average molecular weight is 399 g/mol. The van der Waals surface area contributed by atoms with Crippen molar-refractivity contribution in [1.82, 2.24) is 15.1 Å². The fourth-order valence-electron chi connectivity index (χ4n) is 3.24. The van der Waals surface area contributed by atoms with Gasteiger partial charge in [0.05, 0.1) is 0 Å². The predicted octanol–water partition coefficient (Wildman–Crippen LogP) is 5.09. The lowest BCUT2D eigenvalue weighted by molar-refractivity contribution is 0.215. The van der Waals surface area contributed by atoms with Crippen molar-refractivity contribution < 1.29 is 9.59 Å². The van der Waals surface area contributed by atoms with Crippen molar-refractivity contribution >= 4 is 29.0 Å². The molecule has 1 aliphatic carbocycles. The minimum absolute atomic E-state index is 0.192. The van der Waals surface area contributed by atoms with Crippen molar-refractivity contribution in [2.45, 2.75) is 83.6 Å². The van der Waals surface area contributed by atoms with Crippen molar-refractivity contribution in [3.05, 3.63) is 0 Å². The number of thioether (sulfide) groups is 1. The van der Waals surface area contributed by atoms with E-state index in [0.717, 1.165) is 44.3 Å². The van der Waals surface area contributed by atoms with Crippen LogP contribution in [0.25, 0.3) is 0 Å². The molecule has 7 heteroatoms. The Hall–Kier alpha value is -1.24. The molecule has 27 heavy (non-hydrogen) atoms. The number of rotatable bonds is 8. The van der Waals surface area contributed by atoms with Crippen molar-refractivity contribution in [2.75, 3.05) is 26.9 Å². The van der Waals surface area contributed by atoms with E-state index in [1.807, 2.05) is 0 Å². The van der Waals surface area contributed by atoms with Gasteiger partial charge in [0.15, 0.2) is 0 Å². The fourth-order valence-corrected chi connectivity index (χ4v) is 3.91. The molecule has 0 bridgehead atoms. The molecule has 0 aromatic heterocycles. The second-order valence-corrected chi connectivity index (χ2v) is 8.58. The predicted molar refractivity (Wildman–Crippen MR) is 116 cm³/mol. The van der Waals surface area contributed by atoms with Gasteiger partial charge in [-0.15, -0.1) is 0 Å². The molecule has 1 aliphatic rings. The maximum atomic E-state index is 12.5.